The van der Waals surface area contributed by atoms with E-state index in [-0.39, 0.29) is 0 Å². The number of methoxy groups -OCH3 is 2. The fraction of sp³-hybridized carbons (Fsp3) is 0.182. The van der Waals surface area contributed by atoms with E-state index in [1.54, 1.807) is 20.5 Å². The highest BCUT2D eigenvalue weighted by Gasteiger charge is 2.13. The Morgan fingerprint density at radius 3 is 2.55 bits per heavy atom. The van der Waals surface area contributed by atoms with Crippen molar-refractivity contribution in [2.75, 3.05) is 19.5 Å². The van der Waals surface area contributed by atoms with E-state index < -0.39 is 0 Å². The molecule has 7 nitrogen and oxygen atoms in total. The zero-order valence-electron chi connectivity index (χ0n) is 16.5. The summed E-state index contributed by atoms with van der Waals surface area (Å²) in [5.74, 6) is 3.35. The summed E-state index contributed by atoms with van der Waals surface area (Å²) in [5.41, 5.74) is 2.68. The number of rotatable bonds is 7. The quantitative estimate of drug-likeness (QED) is 0.505. The molecule has 0 radical (unpaired) electrons. The maximum absolute atomic E-state index is 5.95. The van der Waals surface area contributed by atoms with Gasteiger partial charge in [-0.2, -0.15) is 4.98 Å². The van der Waals surface area contributed by atoms with Gasteiger partial charge in [-0.3, -0.25) is 0 Å². The number of para-hydroxylation sites is 1. The lowest BCUT2D eigenvalue weighted by Gasteiger charge is -2.13. The summed E-state index contributed by atoms with van der Waals surface area (Å²) in [6, 6.07) is 17.2. The van der Waals surface area contributed by atoms with Crippen molar-refractivity contribution < 1.29 is 14.2 Å². The first-order valence-electron chi connectivity index (χ1n) is 9.17. The molecule has 0 atom stereocenters. The largest absolute Gasteiger partial charge is 0.497 e. The number of fused-ring (bicyclic) bond motifs is 1. The number of anilines is 1. The minimum absolute atomic E-state index is 0.497. The first kappa shape index (κ1) is 18.6. The minimum atomic E-state index is 0.497. The second kappa shape index (κ2) is 8.10. The standard InChI is InChI=1S/C22H22N4O3/c1-26-14-24-21-18(26)12-20(29-16-7-5-4-6-8-16)25-22(21)23-13-15-9-10-17(27-2)11-19(15)28-3/h4-12,14H,13H2,1-3H3,(H,23,25). The Morgan fingerprint density at radius 2 is 1.79 bits per heavy atom. The third kappa shape index (κ3) is 3.94. The summed E-state index contributed by atoms with van der Waals surface area (Å²) in [6.45, 7) is 0.515. The molecule has 0 spiro atoms. The van der Waals surface area contributed by atoms with Crippen molar-refractivity contribution in [3.63, 3.8) is 0 Å². The molecule has 0 fully saturated rings. The summed E-state index contributed by atoms with van der Waals surface area (Å²) >= 11 is 0. The van der Waals surface area contributed by atoms with Crippen LogP contribution in [0.15, 0.2) is 60.9 Å². The highest BCUT2D eigenvalue weighted by molar-refractivity contribution is 5.87. The first-order valence-corrected chi connectivity index (χ1v) is 9.17. The average Bonchev–Trinajstić information content (AvgIpc) is 3.13. The van der Waals surface area contributed by atoms with Crippen molar-refractivity contribution in [2.45, 2.75) is 6.54 Å². The van der Waals surface area contributed by atoms with Gasteiger partial charge in [0, 0.05) is 31.3 Å². The number of nitrogens with zero attached hydrogens (tertiary/aromatic N) is 3. The van der Waals surface area contributed by atoms with Gasteiger partial charge in [0.15, 0.2) is 5.82 Å². The number of benzene rings is 2. The Morgan fingerprint density at radius 1 is 0.966 bits per heavy atom. The first-order chi connectivity index (χ1) is 14.2. The van der Waals surface area contributed by atoms with E-state index >= 15 is 0 Å². The van der Waals surface area contributed by atoms with Gasteiger partial charge in [-0.25, -0.2) is 4.98 Å². The van der Waals surface area contributed by atoms with Gasteiger partial charge in [0.05, 0.1) is 26.1 Å². The predicted molar refractivity (Wildman–Crippen MR) is 112 cm³/mol. The molecule has 2 aromatic heterocycles. The number of pyridine rings is 1. The molecule has 2 heterocycles. The number of hydrogen-bond acceptors (Lipinski definition) is 6. The number of aromatic nitrogens is 3. The number of nitrogens with one attached hydrogen (secondary N) is 1. The smallest absolute Gasteiger partial charge is 0.223 e. The van der Waals surface area contributed by atoms with Gasteiger partial charge in [-0.05, 0) is 24.3 Å². The molecule has 7 heteroatoms. The molecule has 0 aliphatic carbocycles. The summed E-state index contributed by atoms with van der Waals surface area (Å²) in [6.07, 6.45) is 1.76. The van der Waals surface area contributed by atoms with Crippen molar-refractivity contribution >= 4 is 16.9 Å². The van der Waals surface area contributed by atoms with Crippen molar-refractivity contribution in [2.24, 2.45) is 7.05 Å². The minimum Gasteiger partial charge on any atom is -0.497 e. The average molecular weight is 390 g/mol. The molecule has 0 saturated carbocycles. The molecular weight excluding hydrogens is 368 g/mol. The highest BCUT2D eigenvalue weighted by atomic mass is 16.5. The Hall–Kier alpha value is -3.74. The van der Waals surface area contributed by atoms with Crippen LogP contribution in [-0.2, 0) is 13.6 Å². The number of hydrogen-bond donors (Lipinski definition) is 1. The molecular formula is C22H22N4O3. The second-order valence-electron chi connectivity index (χ2n) is 6.48. The lowest BCUT2D eigenvalue weighted by atomic mass is 10.2. The lowest BCUT2D eigenvalue weighted by molar-refractivity contribution is 0.391. The molecule has 4 aromatic rings. The van der Waals surface area contributed by atoms with Crippen LogP contribution in [0.25, 0.3) is 11.0 Å². The van der Waals surface area contributed by atoms with Crippen LogP contribution in [0, 0.1) is 0 Å². The van der Waals surface area contributed by atoms with E-state index in [1.807, 2.05) is 66.2 Å². The number of imidazole rings is 1. The zero-order valence-corrected chi connectivity index (χ0v) is 16.5. The van der Waals surface area contributed by atoms with E-state index in [0.717, 1.165) is 33.8 Å². The molecule has 0 saturated heterocycles. The van der Waals surface area contributed by atoms with Crippen LogP contribution in [-0.4, -0.2) is 28.8 Å². The Balaban J connectivity index is 1.64. The SMILES string of the molecule is COc1ccc(CNc2nc(Oc3ccccc3)cc3c2ncn3C)c(OC)c1. The molecule has 4 rings (SSSR count). The molecule has 0 aliphatic rings. The molecule has 0 amide bonds. The van der Waals surface area contributed by atoms with Crippen molar-refractivity contribution in [1.29, 1.82) is 0 Å². The van der Waals surface area contributed by atoms with Gasteiger partial charge in [-0.1, -0.05) is 18.2 Å². The third-order valence-corrected chi connectivity index (χ3v) is 4.60. The van der Waals surface area contributed by atoms with Gasteiger partial charge in [0.25, 0.3) is 0 Å². The second-order valence-corrected chi connectivity index (χ2v) is 6.48. The third-order valence-electron chi connectivity index (χ3n) is 4.60. The molecule has 2 aromatic carbocycles. The fourth-order valence-electron chi connectivity index (χ4n) is 3.07. The van der Waals surface area contributed by atoms with Gasteiger partial charge in [0.1, 0.15) is 22.8 Å². The van der Waals surface area contributed by atoms with Crippen molar-refractivity contribution in [3.05, 3.63) is 66.5 Å². The van der Waals surface area contributed by atoms with Crippen molar-refractivity contribution in [1.82, 2.24) is 14.5 Å². The molecule has 29 heavy (non-hydrogen) atoms. The van der Waals surface area contributed by atoms with Crippen LogP contribution >= 0.6 is 0 Å². The van der Waals surface area contributed by atoms with Crippen LogP contribution in [0.3, 0.4) is 0 Å². The number of ether oxygens (including phenoxy) is 3. The highest BCUT2D eigenvalue weighted by Crippen LogP contribution is 2.29. The van der Waals surface area contributed by atoms with Crippen LogP contribution in [0.4, 0.5) is 5.82 Å². The van der Waals surface area contributed by atoms with Gasteiger partial charge in [0.2, 0.25) is 5.88 Å². The maximum atomic E-state index is 5.95. The molecule has 0 bridgehead atoms. The molecule has 148 valence electrons. The number of aryl methyl sites for hydroxylation is 1. The van der Waals surface area contributed by atoms with Crippen molar-refractivity contribution in [3.8, 4) is 23.1 Å². The van der Waals surface area contributed by atoms with Gasteiger partial charge in [-0.15, -0.1) is 0 Å². The zero-order chi connectivity index (χ0) is 20.2. The van der Waals surface area contributed by atoms with Gasteiger partial charge < -0.3 is 24.1 Å². The van der Waals surface area contributed by atoms with E-state index in [9.17, 15) is 0 Å². The lowest BCUT2D eigenvalue weighted by Crippen LogP contribution is -2.05. The predicted octanol–water partition coefficient (Wildman–Crippen LogP) is 4.39. The van der Waals surface area contributed by atoms with Crippen LogP contribution in [0.1, 0.15) is 5.56 Å². The van der Waals surface area contributed by atoms with Crippen LogP contribution in [0.2, 0.25) is 0 Å². The Bertz CT molecular complexity index is 1130. The summed E-state index contributed by atoms with van der Waals surface area (Å²) < 4.78 is 18.6. The molecule has 0 aliphatic heterocycles. The van der Waals surface area contributed by atoms with E-state index in [2.05, 4.69) is 15.3 Å². The van der Waals surface area contributed by atoms with Crippen LogP contribution < -0.4 is 19.5 Å². The summed E-state index contributed by atoms with van der Waals surface area (Å²) in [4.78, 5) is 9.12. The Labute approximate surface area is 168 Å². The summed E-state index contributed by atoms with van der Waals surface area (Å²) in [5, 5.41) is 3.37. The molecule has 0 unspecified atom stereocenters. The van der Waals surface area contributed by atoms with E-state index in [0.29, 0.717) is 18.2 Å². The van der Waals surface area contributed by atoms with Gasteiger partial charge >= 0.3 is 0 Å². The monoisotopic (exact) mass is 390 g/mol. The molecule has 1 N–H and O–H groups in total. The maximum Gasteiger partial charge on any atom is 0.223 e. The van der Waals surface area contributed by atoms with E-state index in [4.69, 9.17) is 14.2 Å². The van der Waals surface area contributed by atoms with Crippen LogP contribution in [0.5, 0.6) is 23.1 Å². The van der Waals surface area contributed by atoms with E-state index in [1.165, 1.54) is 0 Å². The Kier molecular flexibility index (Phi) is 5.20. The fourth-order valence-corrected chi connectivity index (χ4v) is 3.07. The topological polar surface area (TPSA) is 70.4 Å². The summed E-state index contributed by atoms with van der Waals surface area (Å²) in [7, 11) is 5.21. The normalized spacial score (nSPS) is 10.7.